The molecule has 1 aliphatic carbocycles. The first-order valence-corrected chi connectivity index (χ1v) is 10.2. The van der Waals surface area contributed by atoms with Crippen molar-refractivity contribution in [3.8, 4) is 11.1 Å². The van der Waals surface area contributed by atoms with E-state index in [2.05, 4.69) is 80.4 Å². The summed E-state index contributed by atoms with van der Waals surface area (Å²) in [7, 11) is 0. The molecule has 0 spiro atoms. The summed E-state index contributed by atoms with van der Waals surface area (Å²) in [5, 5.41) is 0. The SMILES string of the molecule is Cc1ccc(Cc2nc3cc(-c4ccc(C5CC5)cc4)c(C)cc3[nH]2)cc1C. The Kier molecular flexibility index (Phi) is 4.08. The second-order valence-electron chi connectivity index (χ2n) is 8.36. The normalized spacial score (nSPS) is 14.0. The van der Waals surface area contributed by atoms with E-state index in [0.717, 1.165) is 29.2 Å². The maximum absolute atomic E-state index is 4.89. The third-order valence-electron chi connectivity index (χ3n) is 6.09. The average molecular weight is 367 g/mol. The Hall–Kier alpha value is -2.87. The third kappa shape index (κ3) is 3.24. The predicted molar refractivity (Wildman–Crippen MR) is 117 cm³/mol. The fourth-order valence-corrected chi connectivity index (χ4v) is 4.07. The molecule has 5 rings (SSSR count). The lowest BCUT2D eigenvalue weighted by Gasteiger charge is -2.07. The number of fused-ring (bicyclic) bond motifs is 1. The van der Waals surface area contributed by atoms with Crippen molar-refractivity contribution in [1.29, 1.82) is 0 Å². The zero-order valence-electron chi connectivity index (χ0n) is 16.8. The van der Waals surface area contributed by atoms with Crippen molar-refractivity contribution in [2.75, 3.05) is 0 Å². The van der Waals surface area contributed by atoms with Gasteiger partial charge in [-0.15, -0.1) is 0 Å². The minimum atomic E-state index is 0.803. The van der Waals surface area contributed by atoms with Gasteiger partial charge >= 0.3 is 0 Å². The quantitative estimate of drug-likeness (QED) is 0.432. The van der Waals surface area contributed by atoms with Crippen LogP contribution < -0.4 is 0 Å². The smallest absolute Gasteiger partial charge is 0.111 e. The molecule has 28 heavy (non-hydrogen) atoms. The van der Waals surface area contributed by atoms with Crippen molar-refractivity contribution in [2.24, 2.45) is 0 Å². The third-order valence-corrected chi connectivity index (χ3v) is 6.09. The van der Waals surface area contributed by atoms with Crippen LogP contribution in [-0.4, -0.2) is 9.97 Å². The molecule has 1 N–H and O–H groups in total. The summed E-state index contributed by atoms with van der Waals surface area (Å²) in [5.41, 5.74) is 11.5. The summed E-state index contributed by atoms with van der Waals surface area (Å²) in [6, 6.07) is 20.3. The summed E-state index contributed by atoms with van der Waals surface area (Å²) in [5.74, 6) is 1.83. The number of aromatic nitrogens is 2. The number of hydrogen-bond donors (Lipinski definition) is 1. The lowest BCUT2D eigenvalue weighted by Crippen LogP contribution is -1.92. The lowest BCUT2D eigenvalue weighted by atomic mass is 9.98. The summed E-state index contributed by atoms with van der Waals surface area (Å²) in [4.78, 5) is 8.41. The molecule has 1 fully saturated rings. The van der Waals surface area contributed by atoms with Gasteiger partial charge in [0.15, 0.2) is 0 Å². The topological polar surface area (TPSA) is 28.7 Å². The highest BCUT2D eigenvalue weighted by molar-refractivity contribution is 5.84. The van der Waals surface area contributed by atoms with E-state index in [1.54, 1.807) is 0 Å². The van der Waals surface area contributed by atoms with Gasteiger partial charge in [0.25, 0.3) is 0 Å². The lowest BCUT2D eigenvalue weighted by molar-refractivity contribution is 1.03. The molecule has 140 valence electrons. The molecular weight excluding hydrogens is 340 g/mol. The van der Waals surface area contributed by atoms with Crippen LogP contribution in [0.2, 0.25) is 0 Å². The second-order valence-corrected chi connectivity index (χ2v) is 8.36. The fraction of sp³-hybridized carbons (Fsp3) is 0.269. The van der Waals surface area contributed by atoms with Gasteiger partial charge in [-0.2, -0.15) is 0 Å². The number of nitrogens with one attached hydrogen (secondary N) is 1. The number of hydrogen-bond acceptors (Lipinski definition) is 1. The number of benzene rings is 3. The number of H-pyrrole nitrogens is 1. The molecule has 0 atom stereocenters. The van der Waals surface area contributed by atoms with Gasteiger partial charge in [-0.1, -0.05) is 42.5 Å². The average Bonchev–Trinajstić information content (AvgIpc) is 3.46. The van der Waals surface area contributed by atoms with E-state index in [-0.39, 0.29) is 0 Å². The first kappa shape index (κ1) is 17.2. The molecule has 1 aliphatic rings. The standard InChI is InChI=1S/C26H26N2/c1-16-4-5-19(12-17(16)2)14-26-27-24-13-18(3)23(15-25(24)28-26)22-10-8-21(9-11-22)20-6-7-20/h4-5,8-13,15,20H,6-7,14H2,1-3H3,(H,27,28). The number of rotatable bonds is 4. The molecule has 2 heteroatoms. The van der Waals surface area contributed by atoms with Crippen LogP contribution in [0.4, 0.5) is 0 Å². The summed E-state index contributed by atoms with van der Waals surface area (Å²) < 4.78 is 0. The zero-order chi connectivity index (χ0) is 19.3. The molecule has 0 radical (unpaired) electrons. The molecular formula is C26H26N2. The molecule has 0 unspecified atom stereocenters. The minimum Gasteiger partial charge on any atom is -0.342 e. The molecule has 3 aromatic carbocycles. The van der Waals surface area contributed by atoms with E-state index >= 15 is 0 Å². The van der Waals surface area contributed by atoms with Gasteiger partial charge in [0.1, 0.15) is 5.82 Å². The molecule has 1 heterocycles. The first-order chi connectivity index (χ1) is 13.6. The molecule has 0 aliphatic heterocycles. The van der Waals surface area contributed by atoms with Crippen molar-refractivity contribution < 1.29 is 0 Å². The monoisotopic (exact) mass is 366 g/mol. The molecule has 4 aromatic rings. The highest BCUT2D eigenvalue weighted by atomic mass is 14.9. The van der Waals surface area contributed by atoms with Crippen LogP contribution in [0.5, 0.6) is 0 Å². The van der Waals surface area contributed by atoms with Crippen LogP contribution >= 0.6 is 0 Å². The van der Waals surface area contributed by atoms with E-state index in [1.165, 1.54) is 51.8 Å². The molecule has 0 bridgehead atoms. The molecule has 0 saturated heterocycles. The van der Waals surface area contributed by atoms with Crippen LogP contribution in [-0.2, 0) is 6.42 Å². The second kappa shape index (κ2) is 6.63. The largest absolute Gasteiger partial charge is 0.342 e. The van der Waals surface area contributed by atoms with Crippen LogP contribution in [0, 0.1) is 20.8 Å². The van der Waals surface area contributed by atoms with Crippen molar-refractivity contribution in [2.45, 2.75) is 46.0 Å². The van der Waals surface area contributed by atoms with Crippen molar-refractivity contribution in [3.05, 3.63) is 88.2 Å². The van der Waals surface area contributed by atoms with E-state index in [0.29, 0.717) is 0 Å². The Labute approximate surface area is 166 Å². The maximum atomic E-state index is 4.89. The summed E-state index contributed by atoms with van der Waals surface area (Å²) in [6.45, 7) is 6.51. The van der Waals surface area contributed by atoms with E-state index in [4.69, 9.17) is 4.98 Å². The Morgan fingerprint density at radius 2 is 1.64 bits per heavy atom. The Balaban J connectivity index is 1.47. The van der Waals surface area contributed by atoms with Crippen LogP contribution in [0.1, 0.15) is 52.4 Å². The maximum Gasteiger partial charge on any atom is 0.111 e. The van der Waals surface area contributed by atoms with Gasteiger partial charge in [0.05, 0.1) is 11.0 Å². The number of aromatic amines is 1. The Morgan fingerprint density at radius 3 is 2.36 bits per heavy atom. The van der Waals surface area contributed by atoms with Gasteiger partial charge in [-0.3, -0.25) is 0 Å². The minimum absolute atomic E-state index is 0.803. The van der Waals surface area contributed by atoms with E-state index < -0.39 is 0 Å². The van der Waals surface area contributed by atoms with Gasteiger partial charge in [-0.25, -0.2) is 4.98 Å². The summed E-state index contributed by atoms with van der Waals surface area (Å²) >= 11 is 0. The van der Waals surface area contributed by atoms with Gasteiger partial charge < -0.3 is 4.98 Å². The predicted octanol–water partition coefficient (Wildman–Crippen LogP) is 6.62. The molecule has 0 amide bonds. The Bertz CT molecular complexity index is 1160. The van der Waals surface area contributed by atoms with Crippen LogP contribution in [0.3, 0.4) is 0 Å². The highest BCUT2D eigenvalue weighted by Crippen LogP contribution is 2.40. The Morgan fingerprint density at radius 1 is 0.857 bits per heavy atom. The number of aryl methyl sites for hydroxylation is 3. The first-order valence-electron chi connectivity index (χ1n) is 10.2. The van der Waals surface area contributed by atoms with E-state index in [1.807, 2.05) is 0 Å². The van der Waals surface area contributed by atoms with Gasteiger partial charge in [-0.05, 0) is 90.6 Å². The molecule has 2 nitrogen and oxygen atoms in total. The van der Waals surface area contributed by atoms with Crippen molar-refractivity contribution in [1.82, 2.24) is 9.97 Å². The fourth-order valence-electron chi connectivity index (χ4n) is 4.07. The van der Waals surface area contributed by atoms with Gasteiger partial charge in [0, 0.05) is 6.42 Å². The number of imidazole rings is 1. The van der Waals surface area contributed by atoms with Crippen molar-refractivity contribution >= 4 is 11.0 Å². The zero-order valence-corrected chi connectivity index (χ0v) is 16.8. The van der Waals surface area contributed by atoms with Crippen molar-refractivity contribution in [3.63, 3.8) is 0 Å². The number of nitrogens with zero attached hydrogens (tertiary/aromatic N) is 1. The van der Waals surface area contributed by atoms with Gasteiger partial charge in [0.2, 0.25) is 0 Å². The molecule has 1 aromatic heterocycles. The van der Waals surface area contributed by atoms with E-state index in [9.17, 15) is 0 Å². The summed E-state index contributed by atoms with van der Waals surface area (Å²) in [6.07, 6.45) is 3.53. The highest BCUT2D eigenvalue weighted by Gasteiger charge is 2.23. The van der Waals surface area contributed by atoms with Crippen LogP contribution in [0.25, 0.3) is 22.2 Å². The van der Waals surface area contributed by atoms with Crippen LogP contribution in [0.15, 0.2) is 54.6 Å². The molecule has 1 saturated carbocycles.